The number of rotatable bonds is 8. The first kappa shape index (κ1) is 22.2. The van der Waals surface area contributed by atoms with Crippen molar-refractivity contribution in [3.63, 3.8) is 0 Å². The van der Waals surface area contributed by atoms with Crippen LogP contribution in [0.1, 0.15) is 38.6 Å². The van der Waals surface area contributed by atoms with Crippen LogP contribution in [0.25, 0.3) is 22.2 Å². The van der Waals surface area contributed by atoms with E-state index in [2.05, 4.69) is 19.3 Å². The highest BCUT2D eigenvalue weighted by molar-refractivity contribution is 7.92. The molecule has 0 aliphatic heterocycles. The highest BCUT2D eigenvalue weighted by Crippen LogP contribution is 2.45. The molecule has 0 radical (unpaired) electrons. The SMILES string of the molecule is CCCS(=O)(=O)Nc1ccc(-c2c(N)c3ccc(Oc4cnccn4)cc3n2C2CCC2)cc1. The van der Waals surface area contributed by atoms with Gasteiger partial charge < -0.3 is 15.0 Å². The number of hydrogen-bond donors (Lipinski definition) is 2. The smallest absolute Gasteiger partial charge is 0.237 e. The number of anilines is 2. The van der Waals surface area contributed by atoms with Crippen LogP contribution in [0.5, 0.6) is 11.6 Å². The summed E-state index contributed by atoms with van der Waals surface area (Å²) >= 11 is 0. The van der Waals surface area contributed by atoms with Crippen molar-refractivity contribution in [1.29, 1.82) is 0 Å². The van der Waals surface area contributed by atoms with E-state index in [0.29, 0.717) is 35.5 Å². The Kier molecular flexibility index (Phi) is 5.87. The molecule has 1 aliphatic rings. The lowest BCUT2D eigenvalue weighted by molar-refractivity contribution is 0.324. The number of hydrogen-bond acceptors (Lipinski definition) is 6. The second-order valence-corrected chi connectivity index (χ2v) is 10.4. The van der Waals surface area contributed by atoms with Gasteiger partial charge in [0.2, 0.25) is 15.9 Å². The summed E-state index contributed by atoms with van der Waals surface area (Å²) in [7, 11) is -3.34. The van der Waals surface area contributed by atoms with E-state index in [-0.39, 0.29) is 5.75 Å². The molecule has 2 heterocycles. The Balaban J connectivity index is 1.54. The molecule has 8 nitrogen and oxygen atoms in total. The summed E-state index contributed by atoms with van der Waals surface area (Å²) in [6.07, 6.45) is 8.68. The predicted molar refractivity (Wildman–Crippen MR) is 134 cm³/mol. The molecular formula is C25H27N5O3S. The molecule has 4 aromatic rings. The third kappa shape index (κ3) is 4.31. The number of benzene rings is 2. The van der Waals surface area contributed by atoms with Gasteiger partial charge in [-0.15, -0.1) is 0 Å². The van der Waals surface area contributed by atoms with Crippen molar-refractivity contribution >= 4 is 32.3 Å². The van der Waals surface area contributed by atoms with Crippen LogP contribution in [0, 0.1) is 0 Å². The van der Waals surface area contributed by atoms with E-state index in [1.54, 1.807) is 30.7 Å². The number of ether oxygens (including phenoxy) is 1. The van der Waals surface area contributed by atoms with Gasteiger partial charge in [-0.2, -0.15) is 0 Å². The first-order valence-corrected chi connectivity index (χ1v) is 13.1. The second kappa shape index (κ2) is 8.98. The third-order valence-electron chi connectivity index (χ3n) is 6.12. The molecule has 5 rings (SSSR count). The zero-order valence-corrected chi connectivity index (χ0v) is 19.8. The van der Waals surface area contributed by atoms with Gasteiger partial charge in [0.1, 0.15) is 5.75 Å². The number of fused-ring (bicyclic) bond motifs is 1. The fourth-order valence-corrected chi connectivity index (χ4v) is 5.49. The topological polar surface area (TPSA) is 112 Å². The van der Waals surface area contributed by atoms with Crippen molar-refractivity contribution < 1.29 is 13.2 Å². The maximum absolute atomic E-state index is 12.1. The van der Waals surface area contributed by atoms with Crippen LogP contribution in [0.3, 0.4) is 0 Å². The van der Waals surface area contributed by atoms with Crippen LogP contribution in [0.2, 0.25) is 0 Å². The van der Waals surface area contributed by atoms with Gasteiger partial charge in [-0.05, 0) is 49.9 Å². The molecule has 0 saturated heterocycles. The van der Waals surface area contributed by atoms with Gasteiger partial charge in [0.05, 0.1) is 28.8 Å². The molecule has 3 N–H and O–H groups in total. The molecule has 0 atom stereocenters. The third-order valence-corrected chi connectivity index (χ3v) is 7.61. The summed E-state index contributed by atoms with van der Waals surface area (Å²) in [4.78, 5) is 8.24. The largest absolute Gasteiger partial charge is 0.437 e. The average molecular weight is 478 g/mol. The van der Waals surface area contributed by atoms with Crippen LogP contribution in [-0.4, -0.2) is 28.7 Å². The summed E-state index contributed by atoms with van der Waals surface area (Å²) in [5.41, 5.74) is 10.8. The fraction of sp³-hybridized carbons (Fsp3) is 0.280. The first-order valence-electron chi connectivity index (χ1n) is 11.4. The Morgan fingerprint density at radius 2 is 1.94 bits per heavy atom. The molecule has 9 heteroatoms. The van der Waals surface area contributed by atoms with E-state index in [4.69, 9.17) is 10.5 Å². The number of sulfonamides is 1. The number of nitrogen functional groups attached to an aromatic ring is 1. The standard InChI is InChI=1S/C25H27N5O3S/c1-2-14-34(31,32)29-18-8-6-17(7-9-18)25-24(26)21-11-10-20(33-23-16-27-12-13-28-23)15-22(21)30(25)19-4-3-5-19/h6-13,15-16,19,29H,2-5,14,26H2,1H3. The summed E-state index contributed by atoms with van der Waals surface area (Å²) < 4.78 is 35.1. The second-order valence-electron chi connectivity index (χ2n) is 8.54. The number of nitrogens with two attached hydrogens (primary N) is 1. The summed E-state index contributed by atoms with van der Waals surface area (Å²) in [5, 5.41) is 0.959. The van der Waals surface area contributed by atoms with Crippen molar-refractivity contribution in [3.05, 3.63) is 61.1 Å². The molecule has 1 fully saturated rings. The minimum Gasteiger partial charge on any atom is -0.437 e. The fourth-order valence-electron chi connectivity index (χ4n) is 4.35. The average Bonchev–Trinajstić information content (AvgIpc) is 3.05. The minimum atomic E-state index is -3.34. The van der Waals surface area contributed by atoms with Crippen LogP contribution in [0.15, 0.2) is 61.1 Å². The Morgan fingerprint density at radius 1 is 1.15 bits per heavy atom. The van der Waals surface area contributed by atoms with E-state index < -0.39 is 10.0 Å². The highest BCUT2D eigenvalue weighted by atomic mass is 32.2. The number of nitrogens with zero attached hydrogens (tertiary/aromatic N) is 3. The summed E-state index contributed by atoms with van der Waals surface area (Å²) in [5.74, 6) is 1.19. The molecule has 1 aliphatic carbocycles. The molecule has 34 heavy (non-hydrogen) atoms. The minimum absolute atomic E-state index is 0.0938. The highest BCUT2D eigenvalue weighted by Gasteiger charge is 2.27. The zero-order valence-electron chi connectivity index (χ0n) is 18.9. The van der Waals surface area contributed by atoms with Crippen LogP contribution in [0.4, 0.5) is 11.4 Å². The lowest BCUT2D eigenvalue weighted by atomic mass is 9.92. The molecule has 2 aromatic heterocycles. The van der Waals surface area contributed by atoms with Gasteiger partial charge >= 0.3 is 0 Å². The van der Waals surface area contributed by atoms with Crippen molar-refractivity contribution in [2.45, 2.75) is 38.6 Å². The molecule has 0 spiro atoms. The Hall–Kier alpha value is -3.59. The first-order chi connectivity index (χ1) is 16.4. The molecule has 0 unspecified atom stereocenters. The van der Waals surface area contributed by atoms with Gasteiger partial charge in [-0.3, -0.25) is 9.71 Å². The summed E-state index contributed by atoms with van der Waals surface area (Å²) in [6.45, 7) is 1.84. The maximum Gasteiger partial charge on any atom is 0.237 e. The van der Waals surface area contributed by atoms with Gasteiger partial charge in [-0.25, -0.2) is 13.4 Å². The van der Waals surface area contributed by atoms with Crippen LogP contribution < -0.4 is 15.2 Å². The van der Waals surface area contributed by atoms with Gasteiger partial charge in [0.15, 0.2) is 0 Å². The molecule has 0 amide bonds. The van der Waals surface area contributed by atoms with E-state index in [1.807, 2.05) is 37.3 Å². The molecule has 0 bridgehead atoms. The van der Waals surface area contributed by atoms with Crippen molar-refractivity contribution in [2.75, 3.05) is 16.2 Å². The van der Waals surface area contributed by atoms with E-state index in [1.165, 1.54) is 6.42 Å². The Bertz CT molecular complexity index is 1410. The Labute approximate surface area is 198 Å². The lowest BCUT2D eigenvalue weighted by Gasteiger charge is -2.30. The summed E-state index contributed by atoms with van der Waals surface area (Å²) in [6, 6.07) is 13.6. The van der Waals surface area contributed by atoms with Gasteiger partial charge in [0, 0.05) is 41.1 Å². The van der Waals surface area contributed by atoms with Crippen LogP contribution >= 0.6 is 0 Å². The van der Waals surface area contributed by atoms with Crippen LogP contribution in [-0.2, 0) is 10.0 Å². The predicted octanol–water partition coefficient (Wildman–Crippen LogP) is 5.35. The molecule has 1 saturated carbocycles. The van der Waals surface area contributed by atoms with Gasteiger partial charge in [0.25, 0.3) is 0 Å². The molecule has 2 aromatic carbocycles. The maximum atomic E-state index is 12.1. The van der Waals surface area contributed by atoms with Crippen molar-refractivity contribution in [1.82, 2.24) is 14.5 Å². The molecule has 176 valence electrons. The van der Waals surface area contributed by atoms with Crippen molar-refractivity contribution in [3.8, 4) is 22.9 Å². The lowest BCUT2D eigenvalue weighted by Crippen LogP contribution is -2.18. The van der Waals surface area contributed by atoms with E-state index in [0.717, 1.165) is 35.0 Å². The quantitative estimate of drug-likeness (QED) is 0.354. The van der Waals surface area contributed by atoms with E-state index in [9.17, 15) is 8.42 Å². The van der Waals surface area contributed by atoms with E-state index >= 15 is 0 Å². The zero-order chi connectivity index (χ0) is 23.7. The number of aromatic nitrogens is 3. The Morgan fingerprint density at radius 3 is 2.59 bits per heavy atom. The monoisotopic (exact) mass is 477 g/mol. The van der Waals surface area contributed by atoms with Gasteiger partial charge in [-0.1, -0.05) is 19.1 Å². The number of nitrogens with one attached hydrogen (secondary N) is 1. The normalized spacial score (nSPS) is 14.1. The molecular weight excluding hydrogens is 450 g/mol. The van der Waals surface area contributed by atoms with Crippen molar-refractivity contribution in [2.24, 2.45) is 0 Å².